The summed E-state index contributed by atoms with van der Waals surface area (Å²) in [5, 5.41) is 0. The molecule has 0 saturated heterocycles. The molecule has 2 aliphatic rings. The molecule has 2 aliphatic carbocycles. The molecular weight excluding hydrogens is 299 g/mol. The van der Waals surface area contributed by atoms with Gasteiger partial charge in [0.25, 0.3) is 0 Å². The standard InChI is InChI=1S/C14H23FO5S/c1-2-14(7-10-4-3-5-11(6-10)8-14)9-20-13(16)12(15)21(17,18)19/h10-12H,2-9H2,1H3,(H,17,18,19). The normalized spacial score (nSPS) is 34.2. The van der Waals surface area contributed by atoms with Gasteiger partial charge < -0.3 is 4.74 Å². The molecule has 2 rings (SSSR count). The molecule has 2 saturated carbocycles. The van der Waals surface area contributed by atoms with Crippen LogP contribution >= 0.6 is 0 Å². The van der Waals surface area contributed by atoms with Crippen LogP contribution in [-0.2, 0) is 19.6 Å². The number of ether oxygens (including phenoxy) is 1. The van der Waals surface area contributed by atoms with E-state index in [0.717, 1.165) is 19.3 Å². The summed E-state index contributed by atoms with van der Waals surface area (Å²) in [6.45, 7) is 2.05. The Bertz CT molecular complexity index is 478. The van der Waals surface area contributed by atoms with Crippen molar-refractivity contribution in [2.24, 2.45) is 17.3 Å². The Morgan fingerprint density at radius 1 is 1.38 bits per heavy atom. The number of esters is 1. The maximum Gasteiger partial charge on any atom is 0.359 e. The molecule has 0 aliphatic heterocycles. The second kappa shape index (κ2) is 6.20. The van der Waals surface area contributed by atoms with Crippen molar-refractivity contribution in [3.8, 4) is 0 Å². The van der Waals surface area contributed by atoms with Gasteiger partial charge in [-0.25, -0.2) is 9.18 Å². The third kappa shape index (κ3) is 3.94. The number of halogens is 1. The van der Waals surface area contributed by atoms with Gasteiger partial charge in [-0.3, -0.25) is 4.55 Å². The molecule has 0 amide bonds. The van der Waals surface area contributed by atoms with Crippen LogP contribution in [0.4, 0.5) is 4.39 Å². The van der Waals surface area contributed by atoms with E-state index in [9.17, 15) is 17.6 Å². The van der Waals surface area contributed by atoms with Gasteiger partial charge in [-0.05, 0) is 37.5 Å². The van der Waals surface area contributed by atoms with Crippen molar-refractivity contribution in [1.82, 2.24) is 0 Å². The van der Waals surface area contributed by atoms with Crippen molar-refractivity contribution < 1.29 is 26.9 Å². The molecule has 3 atom stereocenters. The summed E-state index contributed by atoms with van der Waals surface area (Å²) in [7, 11) is -5.04. The number of hydrogen-bond donors (Lipinski definition) is 1. The van der Waals surface area contributed by atoms with E-state index < -0.39 is 21.6 Å². The summed E-state index contributed by atoms with van der Waals surface area (Å²) in [4.78, 5) is 11.4. The molecule has 2 fully saturated rings. The summed E-state index contributed by atoms with van der Waals surface area (Å²) >= 11 is 0. The monoisotopic (exact) mass is 322 g/mol. The molecule has 2 bridgehead atoms. The van der Waals surface area contributed by atoms with E-state index >= 15 is 0 Å². The number of fused-ring (bicyclic) bond motifs is 2. The highest BCUT2D eigenvalue weighted by molar-refractivity contribution is 7.87. The topological polar surface area (TPSA) is 80.7 Å². The van der Waals surface area contributed by atoms with Gasteiger partial charge in [-0.1, -0.05) is 26.2 Å². The molecule has 3 unspecified atom stereocenters. The van der Waals surface area contributed by atoms with Crippen molar-refractivity contribution in [3.63, 3.8) is 0 Å². The first-order chi connectivity index (χ1) is 9.76. The molecular formula is C14H23FO5S. The van der Waals surface area contributed by atoms with E-state index in [1.165, 1.54) is 25.7 Å². The Hall–Kier alpha value is -0.690. The van der Waals surface area contributed by atoms with Crippen molar-refractivity contribution in [2.45, 2.75) is 57.4 Å². The number of rotatable bonds is 5. The second-order valence-electron chi connectivity index (χ2n) is 6.60. The van der Waals surface area contributed by atoms with Gasteiger partial charge in [0.2, 0.25) is 0 Å². The summed E-state index contributed by atoms with van der Waals surface area (Å²) in [6, 6.07) is 0. The number of carbonyl (C=O) groups excluding carboxylic acids is 1. The van der Waals surface area contributed by atoms with Crippen LogP contribution < -0.4 is 0 Å². The van der Waals surface area contributed by atoms with E-state index in [0.29, 0.717) is 11.8 Å². The molecule has 7 heteroatoms. The summed E-state index contributed by atoms with van der Waals surface area (Å²) in [5.74, 6) is -0.265. The van der Waals surface area contributed by atoms with Gasteiger partial charge >= 0.3 is 21.6 Å². The third-order valence-electron chi connectivity index (χ3n) is 5.05. The Balaban J connectivity index is 1.98. The quantitative estimate of drug-likeness (QED) is 0.622. The van der Waals surface area contributed by atoms with E-state index in [1.54, 1.807) is 0 Å². The predicted octanol–water partition coefficient (Wildman–Crippen LogP) is 2.71. The summed E-state index contributed by atoms with van der Waals surface area (Å²) in [5.41, 5.74) is -3.18. The second-order valence-corrected chi connectivity index (χ2v) is 8.04. The fourth-order valence-corrected chi connectivity index (χ4v) is 4.31. The van der Waals surface area contributed by atoms with Crippen molar-refractivity contribution >= 4 is 16.1 Å². The minimum absolute atomic E-state index is 0.0330. The van der Waals surface area contributed by atoms with E-state index in [4.69, 9.17) is 9.29 Å². The van der Waals surface area contributed by atoms with Crippen LogP contribution in [0.15, 0.2) is 0 Å². The van der Waals surface area contributed by atoms with Crippen LogP contribution in [0, 0.1) is 17.3 Å². The minimum atomic E-state index is -5.04. The first-order valence-electron chi connectivity index (χ1n) is 7.53. The number of alkyl halides is 1. The molecule has 122 valence electrons. The van der Waals surface area contributed by atoms with E-state index in [1.807, 2.05) is 6.92 Å². The molecule has 5 nitrogen and oxygen atoms in total. The van der Waals surface area contributed by atoms with Gasteiger partial charge in [0.15, 0.2) is 0 Å². The zero-order chi connectivity index (χ0) is 15.7. The van der Waals surface area contributed by atoms with Gasteiger partial charge in [-0.2, -0.15) is 8.42 Å². The summed E-state index contributed by atoms with van der Waals surface area (Å²) < 4.78 is 47.8. The third-order valence-corrected chi connectivity index (χ3v) is 5.77. The largest absolute Gasteiger partial charge is 0.462 e. The molecule has 0 spiro atoms. The van der Waals surface area contributed by atoms with Crippen LogP contribution in [0.1, 0.15) is 51.9 Å². The Labute approximate surface area is 125 Å². The van der Waals surface area contributed by atoms with Crippen LogP contribution in [0.3, 0.4) is 0 Å². The highest BCUT2D eigenvalue weighted by Gasteiger charge is 2.43. The summed E-state index contributed by atoms with van der Waals surface area (Å²) in [6.07, 6.45) is 7.52. The van der Waals surface area contributed by atoms with Crippen molar-refractivity contribution in [1.29, 1.82) is 0 Å². The van der Waals surface area contributed by atoms with Crippen molar-refractivity contribution in [2.75, 3.05) is 6.61 Å². The fraction of sp³-hybridized carbons (Fsp3) is 0.929. The SMILES string of the molecule is CCC1(COC(=O)C(F)S(=O)(=O)O)CC2CCCC(C2)C1. The number of hydrogen-bond acceptors (Lipinski definition) is 4. The van der Waals surface area contributed by atoms with E-state index in [2.05, 4.69) is 0 Å². The smallest absolute Gasteiger partial charge is 0.359 e. The first-order valence-corrected chi connectivity index (χ1v) is 9.03. The lowest BCUT2D eigenvalue weighted by molar-refractivity contribution is -0.152. The molecule has 0 heterocycles. The Morgan fingerprint density at radius 3 is 2.43 bits per heavy atom. The zero-order valence-corrected chi connectivity index (χ0v) is 13.1. The maximum atomic E-state index is 13.2. The zero-order valence-electron chi connectivity index (χ0n) is 12.3. The molecule has 0 aromatic carbocycles. The lowest BCUT2D eigenvalue weighted by atomic mass is 9.60. The van der Waals surface area contributed by atoms with Gasteiger partial charge in [0, 0.05) is 5.41 Å². The lowest BCUT2D eigenvalue weighted by Crippen LogP contribution is -2.40. The predicted molar refractivity (Wildman–Crippen MR) is 74.8 cm³/mol. The molecule has 0 radical (unpaired) electrons. The van der Waals surface area contributed by atoms with Gasteiger partial charge in [0.05, 0.1) is 6.61 Å². The highest BCUT2D eigenvalue weighted by Crippen LogP contribution is 2.50. The molecule has 21 heavy (non-hydrogen) atoms. The Morgan fingerprint density at radius 2 is 1.95 bits per heavy atom. The van der Waals surface area contributed by atoms with E-state index in [-0.39, 0.29) is 12.0 Å². The average Bonchev–Trinajstić information content (AvgIpc) is 2.42. The van der Waals surface area contributed by atoms with Crippen LogP contribution in [0.2, 0.25) is 0 Å². The van der Waals surface area contributed by atoms with Crippen LogP contribution in [-0.4, -0.2) is 31.1 Å². The molecule has 0 aromatic rings. The molecule has 0 aromatic heterocycles. The van der Waals surface area contributed by atoms with Crippen molar-refractivity contribution in [3.05, 3.63) is 0 Å². The average molecular weight is 322 g/mol. The minimum Gasteiger partial charge on any atom is -0.462 e. The first kappa shape index (κ1) is 16.7. The van der Waals surface area contributed by atoms with Gasteiger partial charge in [-0.15, -0.1) is 0 Å². The number of carbonyl (C=O) groups is 1. The van der Waals surface area contributed by atoms with Crippen LogP contribution in [0.5, 0.6) is 0 Å². The molecule has 1 N–H and O–H groups in total. The lowest BCUT2D eigenvalue weighted by Gasteiger charge is -2.46. The van der Waals surface area contributed by atoms with Gasteiger partial charge in [0.1, 0.15) is 0 Å². The fourth-order valence-electron chi connectivity index (χ4n) is 4.00. The van der Waals surface area contributed by atoms with Crippen LogP contribution in [0.25, 0.3) is 0 Å². The Kier molecular flexibility index (Phi) is 4.92. The maximum absolute atomic E-state index is 13.2. The highest BCUT2D eigenvalue weighted by atomic mass is 32.2.